The molecule has 0 aliphatic heterocycles. The molecule has 0 amide bonds. The molecule has 0 unspecified atom stereocenters. The largest absolute Gasteiger partial charge is 1.00 e. The Labute approximate surface area is 143 Å². The quantitative estimate of drug-likeness (QED) is 0.620. The standard InChI is InChI=1S/C11H14N2O2.Rb/c1-4-6-8-9(7-5-2)13(3)11(15)12-10(8)14;/h4-7H,1-3H3,(H,12,14,15);/q;+1/p-1/b6-4-,7-5-;. The number of hydrogen-bond acceptors (Lipinski definition) is 2. The van der Waals surface area contributed by atoms with Gasteiger partial charge in [-0.3, -0.25) is 9.59 Å². The SMILES string of the molecule is C/C=C\c1c(/C=C\C)n(C)c(=O)[n-]c1=O.[Rb+]. The van der Waals surface area contributed by atoms with Gasteiger partial charge in [0, 0.05) is 5.56 Å². The molecular formula is C11H13N2O2Rb. The van der Waals surface area contributed by atoms with Crippen LogP contribution in [-0.4, -0.2) is 4.57 Å². The molecule has 0 bridgehead atoms. The molecule has 0 aliphatic carbocycles. The molecule has 0 N–H and O–H groups in total. The van der Waals surface area contributed by atoms with Crippen molar-refractivity contribution in [1.82, 2.24) is 9.55 Å². The second-order valence-electron chi connectivity index (χ2n) is 3.06. The van der Waals surface area contributed by atoms with E-state index in [1.54, 1.807) is 31.4 Å². The molecule has 1 aromatic rings. The molecule has 1 aromatic heterocycles. The maximum absolute atomic E-state index is 11.5. The summed E-state index contributed by atoms with van der Waals surface area (Å²) in [6.07, 6.45) is 6.90. The van der Waals surface area contributed by atoms with Gasteiger partial charge >= 0.3 is 58.2 Å². The fourth-order valence-electron chi connectivity index (χ4n) is 1.30. The van der Waals surface area contributed by atoms with Crippen molar-refractivity contribution in [1.29, 1.82) is 0 Å². The van der Waals surface area contributed by atoms with Gasteiger partial charge in [-0.1, -0.05) is 31.4 Å². The van der Waals surface area contributed by atoms with Gasteiger partial charge in [-0.2, -0.15) is 0 Å². The van der Waals surface area contributed by atoms with Gasteiger partial charge in [-0.05, 0) is 19.5 Å². The predicted molar refractivity (Wildman–Crippen MR) is 60.7 cm³/mol. The second kappa shape index (κ2) is 7.32. The summed E-state index contributed by atoms with van der Waals surface area (Å²) in [4.78, 5) is 26.2. The molecule has 0 radical (unpaired) electrons. The van der Waals surface area contributed by atoms with E-state index in [4.69, 9.17) is 0 Å². The third-order valence-electron chi connectivity index (χ3n) is 2.01. The molecule has 80 valence electrons. The van der Waals surface area contributed by atoms with E-state index in [9.17, 15) is 9.59 Å². The maximum atomic E-state index is 11.5. The van der Waals surface area contributed by atoms with Crippen molar-refractivity contribution >= 4 is 12.2 Å². The average molecular weight is 291 g/mol. The van der Waals surface area contributed by atoms with Crippen LogP contribution in [0.5, 0.6) is 0 Å². The predicted octanol–water partition coefficient (Wildman–Crippen LogP) is -2.23. The van der Waals surface area contributed by atoms with Crippen molar-refractivity contribution in [2.45, 2.75) is 13.8 Å². The molecule has 4 nitrogen and oxygen atoms in total. The van der Waals surface area contributed by atoms with Gasteiger partial charge < -0.3 is 9.55 Å². The molecular weight excluding hydrogens is 278 g/mol. The topological polar surface area (TPSA) is 53.2 Å². The van der Waals surface area contributed by atoms with Crippen LogP contribution in [0.25, 0.3) is 12.2 Å². The molecule has 0 saturated heterocycles. The van der Waals surface area contributed by atoms with E-state index in [0.717, 1.165) is 0 Å². The van der Waals surface area contributed by atoms with Gasteiger partial charge in [0.15, 0.2) is 11.2 Å². The Kier molecular flexibility index (Phi) is 7.31. The van der Waals surface area contributed by atoms with Gasteiger partial charge in [-0.25, -0.2) is 0 Å². The Morgan fingerprint density at radius 3 is 2.19 bits per heavy atom. The number of hydrogen-bond donors (Lipinski definition) is 0. The molecule has 5 heteroatoms. The molecule has 0 saturated carbocycles. The van der Waals surface area contributed by atoms with Crippen LogP contribution in [0.15, 0.2) is 21.7 Å². The average Bonchev–Trinajstić information content (AvgIpc) is 2.20. The van der Waals surface area contributed by atoms with Gasteiger partial charge in [-0.15, -0.1) is 0 Å². The molecule has 0 fully saturated rings. The third-order valence-corrected chi connectivity index (χ3v) is 2.01. The monoisotopic (exact) mass is 290 g/mol. The van der Waals surface area contributed by atoms with E-state index in [0.29, 0.717) is 11.3 Å². The van der Waals surface area contributed by atoms with Gasteiger partial charge in [0.2, 0.25) is 0 Å². The second-order valence-corrected chi connectivity index (χ2v) is 3.06. The Morgan fingerprint density at radius 2 is 1.69 bits per heavy atom. The van der Waals surface area contributed by atoms with Crippen molar-refractivity contribution in [3.63, 3.8) is 0 Å². The minimum atomic E-state index is -0.527. The van der Waals surface area contributed by atoms with Crippen LogP contribution >= 0.6 is 0 Å². The Hall–Kier alpha value is -0.0348. The van der Waals surface area contributed by atoms with Gasteiger partial charge in [0.1, 0.15) is 0 Å². The minimum Gasteiger partial charge on any atom is -0.413 e. The molecule has 0 spiro atoms. The van der Waals surface area contributed by atoms with Gasteiger partial charge in [0.05, 0.1) is 0 Å². The van der Waals surface area contributed by atoms with Crippen LogP contribution in [0, 0.1) is 0 Å². The summed E-state index contributed by atoms with van der Waals surface area (Å²) in [5.74, 6) is 0. The molecule has 0 aliphatic rings. The third kappa shape index (κ3) is 3.48. The van der Waals surface area contributed by atoms with E-state index in [2.05, 4.69) is 4.98 Å². The molecule has 1 heterocycles. The summed E-state index contributed by atoms with van der Waals surface area (Å²) in [7, 11) is 1.59. The van der Waals surface area contributed by atoms with Crippen LogP contribution in [0.4, 0.5) is 0 Å². The van der Waals surface area contributed by atoms with Crippen LogP contribution in [0.2, 0.25) is 0 Å². The Bertz CT molecular complexity index is 524. The molecule has 16 heavy (non-hydrogen) atoms. The molecule has 1 rings (SSSR count). The summed E-state index contributed by atoms with van der Waals surface area (Å²) in [5, 5.41) is 0. The van der Waals surface area contributed by atoms with E-state index < -0.39 is 11.2 Å². The van der Waals surface area contributed by atoms with Crippen molar-refractivity contribution in [3.05, 3.63) is 44.2 Å². The Balaban J connectivity index is 0.00000225. The maximum Gasteiger partial charge on any atom is 1.00 e. The van der Waals surface area contributed by atoms with Crippen LogP contribution < -0.4 is 74.4 Å². The van der Waals surface area contributed by atoms with Crippen molar-refractivity contribution in [2.24, 2.45) is 7.05 Å². The van der Waals surface area contributed by atoms with Crippen molar-refractivity contribution in [3.8, 4) is 0 Å². The van der Waals surface area contributed by atoms with Crippen LogP contribution in [0.3, 0.4) is 0 Å². The van der Waals surface area contributed by atoms with E-state index in [1.165, 1.54) is 4.57 Å². The molecule has 0 atom stereocenters. The normalized spacial score (nSPS) is 10.9. The first-order valence-electron chi connectivity index (χ1n) is 4.65. The fourth-order valence-corrected chi connectivity index (χ4v) is 1.30. The summed E-state index contributed by atoms with van der Waals surface area (Å²) in [5.41, 5.74) is 0.0175. The Morgan fingerprint density at radius 1 is 1.12 bits per heavy atom. The summed E-state index contributed by atoms with van der Waals surface area (Å²) in [6.45, 7) is 3.64. The van der Waals surface area contributed by atoms with E-state index >= 15 is 0 Å². The zero-order valence-electron chi connectivity index (χ0n) is 10.0. The van der Waals surface area contributed by atoms with Gasteiger partial charge in [0.25, 0.3) is 0 Å². The first kappa shape index (κ1) is 16.0. The minimum absolute atomic E-state index is 0. The summed E-state index contributed by atoms with van der Waals surface area (Å²) < 4.78 is 1.36. The van der Waals surface area contributed by atoms with Crippen LogP contribution in [-0.2, 0) is 7.05 Å². The first-order valence-corrected chi connectivity index (χ1v) is 4.65. The first-order chi connectivity index (χ1) is 7.11. The van der Waals surface area contributed by atoms with E-state index in [-0.39, 0.29) is 58.2 Å². The fraction of sp³-hybridized carbons (Fsp3) is 0.273. The number of allylic oxidation sites excluding steroid dienone is 2. The number of aromatic nitrogens is 2. The molecule has 0 aromatic carbocycles. The summed E-state index contributed by atoms with van der Waals surface area (Å²) in [6, 6.07) is 0. The van der Waals surface area contributed by atoms with Crippen molar-refractivity contribution in [2.75, 3.05) is 0 Å². The van der Waals surface area contributed by atoms with Crippen LogP contribution in [0.1, 0.15) is 25.1 Å². The zero-order valence-corrected chi connectivity index (χ0v) is 14.9. The number of rotatable bonds is 2. The zero-order chi connectivity index (χ0) is 11.4. The number of nitrogens with zero attached hydrogens (tertiary/aromatic N) is 2. The summed E-state index contributed by atoms with van der Waals surface area (Å²) >= 11 is 0. The smallest absolute Gasteiger partial charge is 0.413 e. The van der Waals surface area contributed by atoms with Crippen molar-refractivity contribution < 1.29 is 58.2 Å². The van der Waals surface area contributed by atoms with E-state index in [1.807, 2.05) is 13.8 Å².